The van der Waals surface area contributed by atoms with Crippen molar-refractivity contribution < 1.29 is 19.1 Å². The van der Waals surface area contributed by atoms with Gasteiger partial charge in [-0.05, 0) is 64.2 Å². The number of unbranched alkanes of at least 4 members (excludes halogenated alkanes) is 22. The lowest BCUT2D eigenvalue weighted by molar-refractivity contribution is -0.188. The Morgan fingerprint density at radius 1 is 0.419 bits per heavy atom. The lowest BCUT2D eigenvalue weighted by Gasteiger charge is -2.16. The Morgan fingerprint density at radius 3 is 1.00 bits per heavy atom. The molecule has 0 atom stereocenters. The van der Waals surface area contributed by atoms with Gasteiger partial charge in [0.1, 0.15) is 0 Å². The molecule has 0 aliphatic rings. The predicted molar refractivity (Wildman–Crippen MR) is 185 cm³/mol. The van der Waals surface area contributed by atoms with Gasteiger partial charge in [0.05, 0.1) is 0 Å². The quantitative estimate of drug-likeness (QED) is 0.0323. The molecule has 0 spiro atoms. The standard InChI is InChI=1S/C39H72O4/c1-4-7-9-11-13-15-17-19-21-23-25-27-29-31-33-35-37(40)42-39(6-3)43-38(41)36-34-32-30-28-26-24-22-20-18-16-14-12-10-8-5-2/h19-22,39H,4-18,23-36H2,1-3H3. The van der Waals surface area contributed by atoms with Crippen molar-refractivity contribution in [1.82, 2.24) is 0 Å². The number of carbonyl (C=O) groups is 2. The van der Waals surface area contributed by atoms with E-state index in [2.05, 4.69) is 38.2 Å². The van der Waals surface area contributed by atoms with Crippen LogP contribution in [-0.2, 0) is 19.1 Å². The fraction of sp³-hybridized carbons (Fsp3) is 0.846. The van der Waals surface area contributed by atoms with Crippen molar-refractivity contribution in [2.45, 2.75) is 213 Å². The average Bonchev–Trinajstić information content (AvgIpc) is 3.00. The number of carbonyl (C=O) groups excluding carboxylic acids is 2. The summed E-state index contributed by atoms with van der Waals surface area (Å²) in [4.78, 5) is 24.4. The number of rotatable bonds is 33. The summed E-state index contributed by atoms with van der Waals surface area (Å²) in [5.41, 5.74) is 0. The van der Waals surface area contributed by atoms with E-state index in [4.69, 9.17) is 9.47 Å². The Labute approximate surface area is 268 Å². The Hall–Kier alpha value is -1.58. The van der Waals surface area contributed by atoms with Crippen LogP contribution >= 0.6 is 0 Å². The first-order valence-electron chi connectivity index (χ1n) is 18.8. The van der Waals surface area contributed by atoms with E-state index >= 15 is 0 Å². The van der Waals surface area contributed by atoms with E-state index in [0.29, 0.717) is 19.3 Å². The van der Waals surface area contributed by atoms with Crippen molar-refractivity contribution in [2.75, 3.05) is 0 Å². The highest BCUT2D eigenvalue weighted by Gasteiger charge is 2.16. The molecule has 0 amide bonds. The molecule has 0 radical (unpaired) electrons. The SMILES string of the molecule is CCCCCCCCC=CCCCCCCCC(=O)OC(CC)OC(=O)CCCCCCCC=CCCCCCCCC. The fourth-order valence-corrected chi connectivity index (χ4v) is 5.28. The maximum absolute atomic E-state index is 12.2. The van der Waals surface area contributed by atoms with Crippen LogP contribution in [0.4, 0.5) is 0 Å². The molecule has 0 saturated carbocycles. The van der Waals surface area contributed by atoms with Gasteiger partial charge >= 0.3 is 11.9 Å². The number of hydrogen-bond acceptors (Lipinski definition) is 4. The van der Waals surface area contributed by atoms with E-state index < -0.39 is 6.29 Å². The molecule has 0 heterocycles. The summed E-state index contributed by atoms with van der Waals surface area (Å²) < 4.78 is 10.8. The molecule has 0 N–H and O–H groups in total. The molecular formula is C39H72O4. The first-order chi connectivity index (χ1) is 21.1. The van der Waals surface area contributed by atoms with Crippen LogP contribution in [0.1, 0.15) is 207 Å². The van der Waals surface area contributed by atoms with Gasteiger partial charge in [-0.25, -0.2) is 0 Å². The van der Waals surface area contributed by atoms with Gasteiger partial charge in [0, 0.05) is 19.3 Å². The third-order valence-electron chi connectivity index (χ3n) is 8.14. The molecular weight excluding hydrogens is 532 g/mol. The molecule has 0 saturated heterocycles. The molecule has 0 bridgehead atoms. The molecule has 0 fully saturated rings. The normalized spacial score (nSPS) is 12.3. The van der Waals surface area contributed by atoms with Crippen LogP contribution in [0.25, 0.3) is 0 Å². The van der Waals surface area contributed by atoms with E-state index in [9.17, 15) is 9.59 Å². The molecule has 0 aliphatic carbocycles. The zero-order chi connectivity index (χ0) is 31.5. The van der Waals surface area contributed by atoms with Gasteiger partial charge < -0.3 is 9.47 Å². The van der Waals surface area contributed by atoms with E-state index in [-0.39, 0.29) is 11.9 Å². The lowest BCUT2D eigenvalue weighted by Crippen LogP contribution is -2.23. The largest absolute Gasteiger partial charge is 0.425 e. The van der Waals surface area contributed by atoms with Crippen molar-refractivity contribution >= 4 is 11.9 Å². The van der Waals surface area contributed by atoms with E-state index in [1.807, 2.05) is 6.92 Å². The van der Waals surface area contributed by atoms with Gasteiger partial charge in [0.25, 0.3) is 0 Å². The Morgan fingerprint density at radius 2 is 0.698 bits per heavy atom. The van der Waals surface area contributed by atoms with Crippen molar-refractivity contribution in [3.05, 3.63) is 24.3 Å². The van der Waals surface area contributed by atoms with Crippen molar-refractivity contribution in [1.29, 1.82) is 0 Å². The number of ether oxygens (including phenoxy) is 2. The average molecular weight is 605 g/mol. The Kier molecular flexibility index (Phi) is 33.6. The van der Waals surface area contributed by atoms with Crippen molar-refractivity contribution in [3.8, 4) is 0 Å². The summed E-state index contributed by atoms with van der Waals surface area (Å²) in [5.74, 6) is -0.503. The van der Waals surface area contributed by atoms with Crippen LogP contribution in [0.15, 0.2) is 24.3 Å². The minimum absolute atomic E-state index is 0.252. The van der Waals surface area contributed by atoms with Crippen LogP contribution in [-0.4, -0.2) is 18.2 Å². The van der Waals surface area contributed by atoms with Gasteiger partial charge in [-0.1, -0.05) is 148 Å². The van der Waals surface area contributed by atoms with Gasteiger partial charge in [0.15, 0.2) is 0 Å². The number of esters is 2. The van der Waals surface area contributed by atoms with Crippen LogP contribution < -0.4 is 0 Å². The monoisotopic (exact) mass is 605 g/mol. The minimum atomic E-state index is -0.744. The summed E-state index contributed by atoms with van der Waals surface area (Å²) in [6.45, 7) is 6.41. The topological polar surface area (TPSA) is 52.6 Å². The summed E-state index contributed by atoms with van der Waals surface area (Å²) in [6.07, 6.45) is 42.0. The Balaban J connectivity index is 3.59. The third kappa shape index (κ3) is 33.2. The highest BCUT2D eigenvalue weighted by molar-refractivity contribution is 5.71. The molecule has 4 nitrogen and oxygen atoms in total. The molecule has 0 aromatic heterocycles. The maximum Gasteiger partial charge on any atom is 0.308 e. The number of hydrogen-bond donors (Lipinski definition) is 0. The second-order valence-electron chi connectivity index (χ2n) is 12.5. The highest BCUT2D eigenvalue weighted by Crippen LogP contribution is 2.14. The van der Waals surface area contributed by atoms with Gasteiger partial charge in [-0.15, -0.1) is 0 Å². The third-order valence-corrected chi connectivity index (χ3v) is 8.14. The zero-order valence-electron chi connectivity index (χ0n) is 29.0. The molecule has 0 aromatic rings. The first kappa shape index (κ1) is 41.4. The summed E-state index contributed by atoms with van der Waals surface area (Å²) in [7, 11) is 0. The fourth-order valence-electron chi connectivity index (χ4n) is 5.28. The summed E-state index contributed by atoms with van der Waals surface area (Å²) in [6, 6.07) is 0. The van der Waals surface area contributed by atoms with E-state index in [0.717, 1.165) is 38.5 Å². The van der Waals surface area contributed by atoms with Gasteiger partial charge in [-0.3, -0.25) is 9.59 Å². The Bertz CT molecular complexity index is 600. The molecule has 0 rings (SSSR count). The molecule has 0 unspecified atom stereocenters. The lowest BCUT2D eigenvalue weighted by atomic mass is 10.1. The minimum Gasteiger partial charge on any atom is -0.425 e. The second kappa shape index (κ2) is 34.9. The second-order valence-corrected chi connectivity index (χ2v) is 12.5. The molecule has 4 heteroatoms. The smallest absolute Gasteiger partial charge is 0.308 e. The molecule has 43 heavy (non-hydrogen) atoms. The zero-order valence-corrected chi connectivity index (χ0v) is 29.0. The molecule has 0 aromatic carbocycles. The maximum atomic E-state index is 12.2. The van der Waals surface area contributed by atoms with E-state index in [1.54, 1.807) is 0 Å². The van der Waals surface area contributed by atoms with Crippen LogP contribution in [0.3, 0.4) is 0 Å². The van der Waals surface area contributed by atoms with Crippen molar-refractivity contribution in [3.63, 3.8) is 0 Å². The van der Waals surface area contributed by atoms with Crippen molar-refractivity contribution in [2.24, 2.45) is 0 Å². The van der Waals surface area contributed by atoms with E-state index in [1.165, 1.54) is 128 Å². The van der Waals surface area contributed by atoms with Crippen LogP contribution in [0.5, 0.6) is 0 Å². The van der Waals surface area contributed by atoms with Crippen LogP contribution in [0, 0.1) is 0 Å². The predicted octanol–water partition coefficient (Wildman–Crippen LogP) is 12.9. The first-order valence-corrected chi connectivity index (χ1v) is 18.8. The molecule has 252 valence electrons. The van der Waals surface area contributed by atoms with Crippen LogP contribution in [0.2, 0.25) is 0 Å². The summed E-state index contributed by atoms with van der Waals surface area (Å²) >= 11 is 0. The molecule has 0 aliphatic heterocycles. The van der Waals surface area contributed by atoms with Gasteiger partial charge in [-0.2, -0.15) is 0 Å². The highest BCUT2D eigenvalue weighted by atomic mass is 16.7. The number of allylic oxidation sites excluding steroid dienone is 4. The summed E-state index contributed by atoms with van der Waals surface area (Å²) in [5, 5.41) is 0. The van der Waals surface area contributed by atoms with Gasteiger partial charge in [0.2, 0.25) is 6.29 Å².